The molecule has 1 aliphatic heterocycles. The van der Waals surface area contributed by atoms with Gasteiger partial charge in [-0.15, -0.1) is 0 Å². The van der Waals surface area contributed by atoms with Gasteiger partial charge in [-0.25, -0.2) is 9.78 Å². The van der Waals surface area contributed by atoms with E-state index in [1.807, 2.05) is 13.8 Å². The van der Waals surface area contributed by atoms with Crippen LogP contribution >= 0.6 is 11.3 Å². The lowest BCUT2D eigenvalue weighted by Gasteiger charge is -2.25. The molecule has 0 aromatic carbocycles. The van der Waals surface area contributed by atoms with Crippen molar-refractivity contribution in [3.63, 3.8) is 0 Å². The molecule has 5 nitrogen and oxygen atoms in total. The monoisotopic (exact) mass is 311 g/mol. The van der Waals surface area contributed by atoms with Crippen LogP contribution in [0.4, 0.5) is 5.13 Å². The van der Waals surface area contributed by atoms with E-state index in [-0.39, 0.29) is 5.92 Å². The number of hydrogen-bond donors (Lipinski definition) is 1. The summed E-state index contributed by atoms with van der Waals surface area (Å²) in [5.74, 6) is -0.718. The van der Waals surface area contributed by atoms with Crippen molar-refractivity contribution in [2.45, 2.75) is 46.1 Å². The Morgan fingerprint density at radius 1 is 1.48 bits per heavy atom. The highest BCUT2D eigenvalue weighted by Crippen LogP contribution is 2.33. The first-order valence-electron chi connectivity index (χ1n) is 7.70. The third kappa shape index (κ3) is 3.37. The minimum absolute atomic E-state index is 0.141. The lowest BCUT2D eigenvalue weighted by Crippen LogP contribution is -2.37. The molecule has 1 aromatic heterocycles. The lowest BCUT2D eigenvalue weighted by molar-refractivity contribution is 0.0700. The zero-order valence-corrected chi connectivity index (χ0v) is 14.1. The van der Waals surface area contributed by atoms with Crippen LogP contribution in [0.5, 0.6) is 0 Å². The number of thiazole rings is 1. The molecule has 0 saturated carbocycles. The maximum absolute atomic E-state index is 11.4. The van der Waals surface area contributed by atoms with Crippen LogP contribution in [0, 0.1) is 0 Å². The van der Waals surface area contributed by atoms with Gasteiger partial charge in [0.05, 0.1) is 5.69 Å². The molecule has 0 spiro atoms. The number of aromatic carboxylic acids is 1. The van der Waals surface area contributed by atoms with Crippen LogP contribution in [0.1, 0.15) is 55.4 Å². The van der Waals surface area contributed by atoms with Gasteiger partial charge in [-0.1, -0.05) is 39.0 Å². The molecular weight excluding hydrogens is 286 g/mol. The average molecular weight is 311 g/mol. The van der Waals surface area contributed by atoms with Gasteiger partial charge in [0.15, 0.2) is 5.13 Å². The minimum atomic E-state index is -0.859. The molecule has 1 unspecified atom stereocenters. The average Bonchev–Trinajstić information content (AvgIpc) is 3.06. The van der Waals surface area contributed by atoms with Crippen LogP contribution in [-0.2, 0) is 0 Å². The van der Waals surface area contributed by atoms with E-state index in [1.54, 1.807) is 0 Å². The fourth-order valence-corrected chi connectivity index (χ4v) is 4.05. The van der Waals surface area contributed by atoms with Crippen LogP contribution in [0.25, 0.3) is 0 Å². The summed E-state index contributed by atoms with van der Waals surface area (Å²) in [4.78, 5) is 21.1. The molecule has 2 heterocycles. The van der Waals surface area contributed by atoms with Crippen LogP contribution in [0.15, 0.2) is 0 Å². The van der Waals surface area contributed by atoms with E-state index in [0.717, 1.165) is 37.7 Å². The van der Waals surface area contributed by atoms with Crippen molar-refractivity contribution in [2.75, 3.05) is 31.1 Å². The zero-order valence-electron chi connectivity index (χ0n) is 13.3. The van der Waals surface area contributed by atoms with Gasteiger partial charge >= 0.3 is 5.97 Å². The second-order valence-corrected chi connectivity index (χ2v) is 6.76. The fourth-order valence-electron chi connectivity index (χ4n) is 2.95. The first-order chi connectivity index (χ1) is 9.97. The van der Waals surface area contributed by atoms with Gasteiger partial charge in [0.1, 0.15) is 4.88 Å². The van der Waals surface area contributed by atoms with E-state index in [4.69, 9.17) is 0 Å². The number of nitrogens with zero attached hydrogens (tertiary/aromatic N) is 3. The highest BCUT2D eigenvalue weighted by Gasteiger charge is 2.30. The number of likely N-dealkylation sites (N-methyl/N-ethyl adjacent to an activating group) is 1. The summed E-state index contributed by atoms with van der Waals surface area (Å²) in [5, 5.41) is 10.2. The van der Waals surface area contributed by atoms with Crippen molar-refractivity contribution < 1.29 is 9.90 Å². The predicted molar refractivity (Wildman–Crippen MR) is 86.7 cm³/mol. The van der Waals surface area contributed by atoms with Crippen molar-refractivity contribution in [1.82, 2.24) is 9.88 Å². The molecule has 1 atom stereocenters. The van der Waals surface area contributed by atoms with E-state index in [1.165, 1.54) is 11.3 Å². The van der Waals surface area contributed by atoms with Gasteiger partial charge in [0.2, 0.25) is 0 Å². The maximum Gasteiger partial charge on any atom is 0.347 e. The van der Waals surface area contributed by atoms with E-state index < -0.39 is 5.97 Å². The topological polar surface area (TPSA) is 56.7 Å². The molecule has 1 aromatic rings. The molecule has 0 bridgehead atoms. The molecule has 0 radical (unpaired) electrons. The largest absolute Gasteiger partial charge is 0.477 e. The van der Waals surface area contributed by atoms with Crippen molar-refractivity contribution >= 4 is 22.4 Å². The lowest BCUT2D eigenvalue weighted by atomic mass is 10.1. The molecule has 6 heteroatoms. The van der Waals surface area contributed by atoms with Crippen LogP contribution in [0.3, 0.4) is 0 Å². The quantitative estimate of drug-likeness (QED) is 0.875. The molecule has 21 heavy (non-hydrogen) atoms. The Kier molecular flexibility index (Phi) is 5.22. The van der Waals surface area contributed by atoms with E-state index in [9.17, 15) is 9.90 Å². The van der Waals surface area contributed by atoms with Crippen LogP contribution in [0.2, 0.25) is 0 Å². The Morgan fingerprint density at radius 2 is 2.14 bits per heavy atom. The number of hydrogen-bond acceptors (Lipinski definition) is 5. The van der Waals surface area contributed by atoms with Crippen molar-refractivity contribution in [1.29, 1.82) is 0 Å². The van der Waals surface area contributed by atoms with Crippen LogP contribution < -0.4 is 4.90 Å². The number of carboxylic acid groups (broad SMARTS) is 1. The third-order valence-electron chi connectivity index (χ3n) is 4.15. The summed E-state index contributed by atoms with van der Waals surface area (Å²) >= 11 is 1.32. The molecule has 1 fully saturated rings. The second-order valence-electron chi connectivity index (χ2n) is 5.78. The van der Waals surface area contributed by atoms with Gasteiger partial charge in [-0.3, -0.25) is 4.90 Å². The SMILES string of the molecule is CCN(CC)C1CCN(c2nc(C(C)C)c(C(=O)O)s2)C1. The van der Waals surface area contributed by atoms with E-state index in [2.05, 4.69) is 28.6 Å². The first-order valence-corrected chi connectivity index (χ1v) is 8.52. The molecule has 0 aliphatic carbocycles. The Labute approximate surface area is 130 Å². The van der Waals surface area contributed by atoms with Gasteiger partial charge in [-0.05, 0) is 25.4 Å². The van der Waals surface area contributed by atoms with Gasteiger partial charge < -0.3 is 10.0 Å². The number of anilines is 1. The van der Waals surface area contributed by atoms with E-state index in [0.29, 0.717) is 16.6 Å². The normalized spacial score (nSPS) is 19.0. The molecular formula is C15H25N3O2S. The van der Waals surface area contributed by atoms with Gasteiger partial charge in [0, 0.05) is 19.1 Å². The van der Waals surface area contributed by atoms with Gasteiger partial charge in [-0.2, -0.15) is 0 Å². The molecule has 118 valence electrons. The number of carbonyl (C=O) groups is 1. The third-order valence-corrected chi connectivity index (χ3v) is 5.27. The molecule has 0 amide bonds. The molecule has 1 aliphatic rings. The smallest absolute Gasteiger partial charge is 0.347 e. The van der Waals surface area contributed by atoms with Gasteiger partial charge in [0.25, 0.3) is 0 Å². The maximum atomic E-state index is 11.4. The Hall–Kier alpha value is -1.14. The number of carboxylic acids is 1. The predicted octanol–water partition coefficient (Wildman–Crippen LogP) is 2.89. The zero-order chi connectivity index (χ0) is 15.6. The van der Waals surface area contributed by atoms with Crippen LogP contribution in [-0.4, -0.2) is 53.2 Å². The standard InChI is InChI=1S/C15H25N3O2S/c1-5-17(6-2)11-7-8-18(9-11)15-16-12(10(3)4)13(21-15)14(19)20/h10-11H,5-9H2,1-4H3,(H,19,20). The number of aromatic nitrogens is 1. The van der Waals surface area contributed by atoms with Crippen molar-refractivity contribution in [3.8, 4) is 0 Å². The summed E-state index contributed by atoms with van der Waals surface area (Å²) in [6.45, 7) is 12.4. The minimum Gasteiger partial charge on any atom is -0.477 e. The fraction of sp³-hybridized carbons (Fsp3) is 0.733. The Morgan fingerprint density at radius 3 is 2.62 bits per heavy atom. The number of rotatable bonds is 6. The van der Waals surface area contributed by atoms with Crippen molar-refractivity contribution in [2.24, 2.45) is 0 Å². The molecule has 1 saturated heterocycles. The highest BCUT2D eigenvalue weighted by atomic mass is 32.1. The molecule has 1 N–H and O–H groups in total. The summed E-state index contributed by atoms with van der Waals surface area (Å²) in [6.07, 6.45) is 1.13. The Balaban J connectivity index is 2.17. The molecule has 2 rings (SSSR count). The van der Waals surface area contributed by atoms with Crippen molar-refractivity contribution in [3.05, 3.63) is 10.6 Å². The summed E-state index contributed by atoms with van der Waals surface area (Å²) in [6, 6.07) is 0.555. The summed E-state index contributed by atoms with van der Waals surface area (Å²) in [7, 11) is 0. The van der Waals surface area contributed by atoms with E-state index >= 15 is 0 Å². The first kappa shape index (κ1) is 16.2. The summed E-state index contributed by atoms with van der Waals surface area (Å²) < 4.78 is 0. The second kappa shape index (κ2) is 6.75. The highest BCUT2D eigenvalue weighted by molar-refractivity contribution is 7.17. The summed E-state index contributed by atoms with van der Waals surface area (Å²) in [5.41, 5.74) is 0.716. The Bertz CT molecular complexity index is 497.